The van der Waals surface area contributed by atoms with Crippen LogP contribution < -0.4 is 0 Å². The standard InChI is InChI=1S/C12H12O5/c1-8-3-2-4-9(5-8)11(13)15-6-10-7-16-12(14)17-10/h2-5,10H,6-7H2,1H3. The Kier molecular flexibility index (Phi) is 3.27. The van der Waals surface area contributed by atoms with Gasteiger partial charge in [-0.05, 0) is 19.1 Å². The fourth-order valence-corrected chi connectivity index (χ4v) is 1.47. The second kappa shape index (κ2) is 4.86. The summed E-state index contributed by atoms with van der Waals surface area (Å²) < 4.78 is 14.3. The van der Waals surface area contributed by atoms with E-state index in [2.05, 4.69) is 4.74 Å². The van der Waals surface area contributed by atoms with E-state index < -0.39 is 18.2 Å². The molecule has 0 aliphatic carbocycles. The van der Waals surface area contributed by atoms with Gasteiger partial charge in [0.2, 0.25) is 0 Å². The Bertz CT molecular complexity index is 440. The largest absolute Gasteiger partial charge is 0.508 e. The molecule has 1 heterocycles. The van der Waals surface area contributed by atoms with Crippen molar-refractivity contribution >= 4 is 12.1 Å². The summed E-state index contributed by atoms with van der Waals surface area (Å²) in [6, 6.07) is 7.08. The SMILES string of the molecule is Cc1cccc(C(=O)OCC2COC(=O)O2)c1. The number of esters is 1. The van der Waals surface area contributed by atoms with Crippen molar-refractivity contribution in [3.05, 3.63) is 35.4 Å². The van der Waals surface area contributed by atoms with Gasteiger partial charge in [-0.1, -0.05) is 17.7 Å². The normalized spacial score (nSPS) is 18.4. The van der Waals surface area contributed by atoms with Crippen LogP contribution in [0.2, 0.25) is 0 Å². The van der Waals surface area contributed by atoms with Crippen LogP contribution in [0.25, 0.3) is 0 Å². The van der Waals surface area contributed by atoms with Crippen molar-refractivity contribution in [2.75, 3.05) is 13.2 Å². The lowest BCUT2D eigenvalue weighted by Gasteiger charge is -2.08. The summed E-state index contributed by atoms with van der Waals surface area (Å²) in [6.07, 6.45) is -1.22. The number of hydrogen-bond acceptors (Lipinski definition) is 5. The Morgan fingerprint density at radius 1 is 1.53 bits per heavy atom. The second-order valence-electron chi connectivity index (χ2n) is 3.77. The highest BCUT2D eigenvalue weighted by Crippen LogP contribution is 2.09. The van der Waals surface area contributed by atoms with Gasteiger partial charge in [-0.25, -0.2) is 9.59 Å². The number of rotatable bonds is 3. The summed E-state index contributed by atoms with van der Waals surface area (Å²) in [5.41, 5.74) is 1.46. The Balaban J connectivity index is 1.87. The molecule has 17 heavy (non-hydrogen) atoms. The van der Waals surface area contributed by atoms with Crippen LogP contribution in [-0.2, 0) is 14.2 Å². The van der Waals surface area contributed by atoms with Gasteiger partial charge in [0.05, 0.1) is 5.56 Å². The molecule has 0 saturated carbocycles. The third-order valence-corrected chi connectivity index (χ3v) is 2.30. The van der Waals surface area contributed by atoms with Gasteiger partial charge < -0.3 is 14.2 Å². The third-order valence-electron chi connectivity index (χ3n) is 2.30. The van der Waals surface area contributed by atoms with E-state index in [1.54, 1.807) is 18.2 Å². The van der Waals surface area contributed by atoms with Crippen molar-refractivity contribution < 1.29 is 23.8 Å². The lowest BCUT2D eigenvalue weighted by atomic mass is 10.1. The fourth-order valence-electron chi connectivity index (χ4n) is 1.47. The molecular weight excluding hydrogens is 224 g/mol. The van der Waals surface area contributed by atoms with Gasteiger partial charge in [0.25, 0.3) is 0 Å². The molecule has 1 aromatic rings. The molecule has 1 saturated heterocycles. The van der Waals surface area contributed by atoms with Gasteiger partial charge >= 0.3 is 12.1 Å². The summed E-state index contributed by atoms with van der Waals surface area (Å²) in [7, 11) is 0. The van der Waals surface area contributed by atoms with Crippen LogP contribution in [0.3, 0.4) is 0 Å². The van der Waals surface area contributed by atoms with Crippen molar-refractivity contribution in [2.45, 2.75) is 13.0 Å². The summed E-state index contributed by atoms with van der Waals surface area (Å²) in [4.78, 5) is 22.3. The first-order valence-corrected chi connectivity index (χ1v) is 5.22. The Hall–Kier alpha value is -2.04. The molecule has 0 amide bonds. The van der Waals surface area contributed by atoms with Gasteiger partial charge in [-0.3, -0.25) is 0 Å². The van der Waals surface area contributed by atoms with Crippen LogP contribution in [0.4, 0.5) is 4.79 Å². The molecule has 1 atom stereocenters. The van der Waals surface area contributed by atoms with Gasteiger partial charge in [0.1, 0.15) is 13.2 Å². The summed E-state index contributed by atoms with van der Waals surface area (Å²) >= 11 is 0. The smallest absolute Gasteiger partial charge is 0.458 e. The Morgan fingerprint density at radius 2 is 2.35 bits per heavy atom. The monoisotopic (exact) mass is 236 g/mol. The van der Waals surface area contributed by atoms with Crippen molar-refractivity contribution in [3.8, 4) is 0 Å². The van der Waals surface area contributed by atoms with Gasteiger partial charge in [-0.2, -0.15) is 0 Å². The van der Waals surface area contributed by atoms with Crippen molar-refractivity contribution in [2.24, 2.45) is 0 Å². The quantitative estimate of drug-likeness (QED) is 0.747. The molecule has 1 aliphatic rings. The number of carbonyl (C=O) groups is 2. The first-order valence-electron chi connectivity index (χ1n) is 5.22. The van der Waals surface area contributed by atoms with E-state index in [9.17, 15) is 9.59 Å². The lowest BCUT2D eigenvalue weighted by molar-refractivity contribution is 0.0300. The highest BCUT2D eigenvalue weighted by molar-refractivity contribution is 5.89. The molecule has 0 N–H and O–H groups in total. The minimum absolute atomic E-state index is 0.0124. The number of benzene rings is 1. The van der Waals surface area contributed by atoms with Crippen LogP contribution in [0.1, 0.15) is 15.9 Å². The molecule has 1 aliphatic heterocycles. The first-order chi connectivity index (χ1) is 8.15. The fraction of sp³-hybridized carbons (Fsp3) is 0.333. The van der Waals surface area contributed by atoms with Crippen molar-refractivity contribution in [3.63, 3.8) is 0 Å². The number of carbonyl (C=O) groups excluding carboxylic acids is 2. The second-order valence-corrected chi connectivity index (χ2v) is 3.77. The number of cyclic esters (lactones) is 2. The maximum Gasteiger partial charge on any atom is 0.508 e. The highest BCUT2D eigenvalue weighted by Gasteiger charge is 2.26. The van der Waals surface area contributed by atoms with E-state index in [4.69, 9.17) is 9.47 Å². The average Bonchev–Trinajstić information content (AvgIpc) is 2.72. The first kappa shape index (κ1) is 11.4. The molecule has 1 unspecified atom stereocenters. The van der Waals surface area contributed by atoms with Crippen molar-refractivity contribution in [1.82, 2.24) is 0 Å². The number of aryl methyl sites for hydroxylation is 1. The molecule has 90 valence electrons. The molecule has 0 bridgehead atoms. The van der Waals surface area contributed by atoms with E-state index in [1.165, 1.54) is 0 Å². The molecule has 2 rings (SSSR count). The summed E-state index contributed by atoms with van der Waals surface area (Å²) in [5.74, 6) is -0.434. The van der Waals surface area contributed by atoms with Crippen LogP contribution in [0.15, 0.2) is 24.3 Å². The van der Waals surface area contributed by atoms with Gasteiger partial charge in [0, 0.05) is 0 Å². The van der Waals surface area contributed by atoms with Crippen LogP contribution in [0.5, 0.6) is 0 Å². The molecule has 5 heteroatoms. The van der Waals surface area contributed by atoms with E-state index in [-0.39, 0.29) is 13.2 Å². The van der Waals surface area contributed by atoms with Crippen LogP contribution in [-0.4, -0.2) is 31.4 Å². The highest BCUT2D eigenvalue weighted by atomic mass is 16.8. The zero-order valence-corrected chi connectivity index (χ0v) is 9.34. The van der Waals surface area contributed by atoms with E-state index >= 15 is 0 Å². The number of ether oxygens (including phenoxy) is 3. The maximum atomic E-state index is 11.6. The van der Waals surface area contributed by atoms with Crippen LogP contribution in [0, 0.1) is 6.92 Å². The minimum atomic E-state index is -0.721. The lowest BCUT2D eigenvalue weighted by Crippen LogP contribution is -2.20. The van der Waals surface area contributed by atoms with E-state index in [1.807, 2.05) is 13.0 Å². The zero-order valence-electron chi connectivity index (χ0n) is 9.34. The Morgan fingerprint density at radius 3 is 3.00 bits per heavy atom. The molecular formula is C12H12O5. The number of hydrogen-bond donors (Lipinski definition) is 0. The predicted molar refractivity (Wildman–Crippen MR) is 57.7 cm³/mol. The molecule has 0 radical (unpaired) electrons. The predicted octanol–water partition coefficient (Wildman–Crippen LogP) is 1.69. The molecule has 1 aromatic carbocycles. The third kappa shape index (κ3) is 2.96. The van der Waals surface area contributed by atoms with E-state index in [0.29, 0.717) is 5.56 Å². The van der Waals surface area contributed by atoms with Crippen LogP contribution >= 0.6 is 0 Å². The average molecular weight is 236 g/mol. The molecule has 1 fully saturated rings. The zero-order chi connectivity index (χ0) is 12.3. The van der Waals surface area contributed by atoms with E-state index in [0.717, 1.165) is 5.56 Å². The summed E-state index contributed by atoms with van der Waals surface area (Å²) in [5, 5.41) is 0. The molecule has 0 spiro atoms. The molecule has 5 nitrogen and oxygen atoms in total. The molecule has 0 aromatic heterocycles. The van der Waals surface area contributed by atoms with Gasteiger partial charge in [0.15, 0.2) is 6.10 Å². The maximum absolute atomic E-state index is 11.6. The topological polar surface area (TPSA) is 61.8 Å². The van der Waals surface area contributed by atoms with Gasteiger partial charge in [-0.15, -0.1) is 0 Å². The van der Waals surface area contributed by atoms with Crippen molar-refractivity contribution in [1.29, 1.82) is 0 Å². The minimum Gasteiger partial charge on any atom is -0.458 e. The summed E-state index contributed by atoms with van der Waals surface area (Å²) in [6.45, 7) is 2.03. The Labute approximate surface area is 98.3 Å².